The molecule has 0 aliphatic carbocycles. The molecule has 3 aromatic rings. The van der Waals surface area contributed by atoms with Crippen LogP contribution in [-0.4, -0.2) is 52.6 Å². The molecule has 1 aliphatic rings. The van der Waals surface area contributed by atoms with Crippen molar-refractivity contribution in [1.82, 2.24) is 19.8 Å². The number of esters is 1. The highest BCUT2D eigenvalue weighted by Crippen LogP contribution is 2.29. The minimum Gasteiger partial charge on any atom is -0.465 e. The second-order valence-corrected chi connectivity index (χ2v) is 9.12. The number of aryl methyl sites for hydroxylation is 1. The highest BCUT2D eigenvalue weighted by atomic mass is 16.5. The molecule has 1 atom stereocenters. The van der Waals surface area contributed by atoms with Crippen LogP contribution < -0.4 is 10.6 Å². The maximum absolute atomic E-state index is 13.6. The second kappa shape index (κ2) is 10.8. The van der Waals surface area contributed by atoms with Crippen LogP contribution in [0.2, 0.25) is 0 Å². The Bertz CT molecular complexity index is 1290. The van der Waals surface area contributed by atoms with Crippen molar-refractivity contribution in [3.8, 4) is 6.07 Å². The van der Waals surface area contributed by atoms with Crippen LogP contribution in [0, 0.1) is 11.3 Å². The molecule has 4 rings (SSSR count). The number of imidazole rings is 1. The van der Waals surface area contributed by atoms with E-state index in [4.69, 9.17) is 15.0 Å². The van der Waals surface area contributed by atoms with E-state index in [1.165, 1.54) is 0 Å². The number of nitrogens with one attached hydrogen (secondary N) is 2. The van der Waals surface area contributed by atoms with Gasteiger partial charge in [-0.25, -0.2) is 4.98 Å². The number of anilines is 1. The number of carbonyl (C=O) groups is 2. The molecule has 1 aromatic heterocycles. The highest BCUT2D eigenvalue weighted by molar-refractivity contribution is 5.90. The van der Waals surface area contributed by atoms with Gasteiger partial charge in [0.1, 0.15) is 11.4 Å². The van der Waals surface area contributed by atoms with E-state index >= 15 is 0 Å². The van der Waals surface area contributed by atoms with E-state index in [0.717, 1.165) is 41.0 Å². The maximum atomic E-state index is 13.6. The fourth-order valence-electron chi connectivity index (χ4n) is 4.56. The number of aromatic nitrogens is 2. The van der Waals surface area contributed by atoms with Gasteiger partial charge in [-0.2, -0.15) is 5.26 Å². The zero-order valence-corrected chi connectivity index (χ0v) is 21.0. The molecule has 9 nitrogen and oxygen atoms in total. The fourth-order valence-corrected chi connectivity index (χ4v) is 4.56. The van der Waals surface area contributed by atoms with Crippen molar-refractivity contribution in [2.75, 3.05) is 31.6 Å². The summed E-state index contributed by atoms with van der Waals surface area (Å²) in [7, 11) is 1.96. The van der Waals surface area contributed by atoms with Gasteiger partial charge >= 0.3 is 5.97 Å². The van der Waals surface area contributed by atoms with Crippen LogP contribution >= 0.6 is 0 Å². The van der Waals surface area contributed by atoms with Crippen LogP contribution in [0.1, 0.15) is 43.6 Å². The number of hydrogen-bond acceptors (Lipinski definition) is 7. The zero-order valence-electron chi connectivity index (χ0n) is 21.0. The molecule has 36 heavy (non-hydrogen) atoms. The van der Waals surface area contributed by atoms with Crippen molar-refractivity contribution in [3.63, 3.8) is 0 Å². The van der Waals surface area contributed by atoms with Crippen molar-refractivity contribution in [2.45, 2.75) is 38.8 Å². The molecular formula is C27H32N6O3. The summed E-state index contributed by atoms with van der Waals surface area (Å²) in [4.78, 5) is 32.4. The molecule has 0 saturated carbocycles. The lowest BCUT2D eigenvalue weighted by molar-refractivity contribution is -0.143. The number of carbonyl (C=O) groups excluding carboxylic acids is 2. The van der Waals surface area contributed by atoms with E-state index in [2.05, 4.69) is 16.7 Å². The molecule has 188 valence electrons. The van der Waals surface area contributed by atoms with Crippen molar-refractivity contribution in [2.24, 2.45) is 7.05 Å². The number of fused-ring (bicyclic) bond motifs is 1. The lowest BCUT2D eigenvalue weighted by Gasteiger charge is -2.33. The molecule has 1 saturated heterocycles. The number of benzene rings is 2. The number of hydrogen-bond donors (Lipinski definition) is 2. The van der Waals surface area contributed by atoms with Gasteiger partial charge in [0.05, 0.1) is 42.4 Å². The summed E-state index contributed by atoms with van der Waals surface area (Å²) in [6, 6.07) is 15.2. The van der Waals surface area contributed by atoms with Gasteiger partial charge < -0.3 is 19.5 Å². The molecule has 1 amide bonds. The lowest BCUT2D eigenvalue weighted by Crippen LogP contribution is -2.54. The zero-order chi connectivity index (χ0) is 25.7. The summed E-state index contributed by atoms with van der Waals surface area (Å²) in [6.45, 7) is 5.73. The first-order chi connectivity index (χ1) is 17.4. The molecule has 2 N–H and O–H groups in total. The topological polar surface area (TPSA) is 112 Å². The lowest BCUT2D eigenvalue weighted by atomic mass is 9.89. The van der Waals surface area contributed by atoms with Gasteiger partial charge in [0.15, 0.2) is 0 Å². The standard InChI is InChI=1S/C27H32N6O3/c1-4-36-25(34)18-30-27(2,26(35)33-13-5-6-14-33)20-9-12-23-22(15-20)31-24(32(23)3)17-29-21-10-7-19(16-28)8-11-21/h7-12,15,29-30H,4-6,13-14,17-18H2,1-3H3/t27-/m1/s1. The molecule has 1 aliphatic heterocycles. The van der Waals surface area contributed by atoms with E-state index in [1.54, 1.807) is 19.1 Å². The number of nitrogens with zero attached hydrogens (tertiary/aromatic N) is 4. The number of rotatable bonds is 9. The van der Waals surface area contributed by atoms with Gasteiger partial charge in [0, 0.05) is 25.8 Å². The van der Waals surface area contributed by atoms with Crippen molar-refractivity contribution < 1.29 is 14.3 Å². The van der Waals surface area contributed by atoms with E-state index in [1.807, 2.05) is 53.8 Å². The Morgan fingerprint density at radius 3 is 2.56 bits per heavy atom. The summed E-state index contributed by atoms with van der Waals surface area (Å²) >= 11 is 0. The first kappa shape index (κ1) is 25.2. The minimum atomic E-state index is -1.09. The Hall–Kier alpha value is -3.90. The predicted octanol–water partition coefficient (Wildman–Crippen LogP) is 3.05. The Balaban J connectivity index is 1.60. The van der Waals surface area contributed by atoms with Crippen molar-refractivity contribution in [1.29, 1.82) is 5.26 Å². The first-order valence-electron chi connectivity index (χ1n) is 12.3. The molecule has 0 unspecified atom stereocenters. The average Bonchev–Trinajstić information content (AvgIpc) is 3.54. The maximum Gasteiger partial charge on any atom is 0.319 e. The number of likely N-dealkylation sites (tertiary alicyclic amines) is 1. The van der Waals surface area contributed by atoms with Crippen LogP contribution in [-0.2, 0) is 33.5 Å². The van der Waals surface area contributed by atoms with Gasteiger partial charge in [-0.1, -0.05) is 6.07 Å². The van der Waals surface area contributed by atoms with E-state index in [-0.39, 0.29) is 19.1 Å². The predicted molar refractivity (Wildman–Crippen MR) is 137 cm³/mol. The Kier molecular flexibility index (Phi) is 7.55. The number of nitriles is 1. The Morgan fingerprint density at radius 2 is 1.89 bits per heavy atom. The number of amides is 1. The van der Waals surface area contributed by atoms with E-state index in [0.29, 0.717) is 25.2 Å². The van der Waals surface area contributed by atoms with E-state index in [9.17, 15) is 9.59 Å². The third-order valence-corrected chi connectivity index (χ3v) is 6.73. The SMILES string of the molecule is CCOC(=O)CN[C@@](C)(C(=O)N1CCCC1)c1ccc2c(c1)nc(CNc1ccc(C#N)cc1)n2C. The van der Waals surface area contributed by atoms with Gasteiger partial charge in [0.25, 0.3) is 0 Å². The monoisotopic (exact) mass is 488 g/mol. The van der Waals surface area contributed by atoms with Crippen LogP contribution in [0.15, 0.2) is 42.5 Å². The molecular weight excluding hydrogens is 456 g/mol. The quantitative estimate of drug-likeness (QED) is 0.445. The van der Waals surface area contributed by atoms with Gasteiger partial charge in [0.2, 0.25) is 5.91 Å². The molecule has 1 fully saturated rings. The van der Waals surface area contributed by atoms with Gasteiger partial charge in [-0.15, -0.1) is 0 Å². The summed E-state index contributed by atoms with van der Waals surface area (Å²) in [5, 5.41) is 15.5. The van der Waals surface area contributed by atoms with Crippen LogP contribution in [0.3, 0.4) is 0 Å². The van der Waals surface area contributed by atoms with Crippen molar-refractivity contribution >= 4 is 28.6 Å². The molecule has 2 heterocycles. The first-order valence-corrected chi connectivity index (χ1v) is 12.3. The molecule has 0 radical (unpaired) electrons. The smallest absolute Gasteiger partial charge is 0.319 e. The molecule has 2 aromatic carbocycles. The average molecular weight is 489 g/mol. The van der Waals surface area contributed by atoms with Crippen LogP contribution in [0.25, 0.3) is 11.0 Å². The normalized spacial score (nSPS) is 14.9. The van der Waals surface area contributed by atoms with Gasteiger partial charge in [-0.05, 0) is 68.7 Å². The van der Waals surface area contributed by atoms with Crippen LogP contribution in [0.4, 0.5) is 5.69 Å². The molecule has 0 bridgehead atoms. The highest BCUT2D eigenvalue weighted by Gasteiger charge is 2.39. The number of ether oxygens (including phenoxy) is 1. The summed E-state index contributed by atoms with van der Waals surface area (Å²) in [6.07, 6.45) is 1.96. The second-order valence-electron chi connectivity index (χ2n) is 9.12. The molecule has 0 spiro atoms. The third-order valence-electron chi connectivity index (χ3n) is 6.73. The Morgan fingerprint density at radius 1 is 1.17 bits per heavy atom. The third kappa shape index (κ3) is 5.19. The van der Waals surface area contributed by atoms with E-state index < -0.39 is 11.5 Å². The minimum absolute atomic E-state index is 0.0534. The Labute approximate surface area is 211 Å². The molecule has 9 heteroatoms. The summed E-state index contributed by atoms with van der Waals surface area (Å²) in [5.74, 6) is 0.383. The van der Waals surface area contributed by atoms with Crippen LogP contribution in [0.5, 0.6) is 0 Å². The summed E-state index contributed by atoms with van der Waals surface area (Å²) < 4.78 is 7.09. The summed E-state index contributed by atoms with van der Waals surface area (Å²) in [5.41, 5.74) is 2.87. The largest absolute Gasteiger partial charge is 0.465 e. The van der Waals surface area contributed by atoms with Gasteiger partial charge in [-0.3, -0.25) is 14.9 Å². The fraction of sp³-hybridized carbons (Fsp3) is 0.407. The van der Waals surface area contributed by atoms with Crippen molar-refractivity contribution in [3.05, 3.63) is 59.4 Å².